The van der Waals surface area contributed by atoms with E-state index in [-0.39, 0.29) is 6.61 Å². The van der Waals surface area contributed by atoms with Gasteiger partial charge in [0.05, 0.1) is 30.4 Å². The lowest BCUT2D eigenvalue weighted by Gasteiger charge is -2.09. The SMILES string of the molecule is N#Cc1ccc(-c2ccc(OCCCOC(=O)c3cc(N)cc(N)c3)cc2)cc1. The first-order chi connectivity index (χ1) is 14.0. The van der Waals surface area contributed by atoms with Gasteiger partial charge in [-0.1, -0.05) is 24.3 Å². The van der Waals surface area contributed by atoms with Gasteiger partial charge in [-0.2, -0.15) is 5.26 Å². The second kappa shape index (κ2) is 9.29. The van der Waals surface area contributed by atoms with E-state index in [1.807, 2.05) is 36.4 Å². The van der Waals surface area contributed by atoms with E-state index in [4.69, 9.17) is 26.2 Å². The summed E-state index contributed by atoms with van der Waals surface area (Å²) in [5.74, 6) is 0.271. The van der Waals surface area contributed by atoms with Crippen LogP contribution in [0.4, 0.5) is 11.4 Å². The molecule has 0 heterocycles. The molecule has 0 amide bonds. The zero-order valence-electron chi connectivity index (χ0n) is 15.8. The van der Waals surface area contributed by atoms with E-state index in [0.717, 1.165) is 16.9 Å². The lowest BCUT2D eigenvalue weighted by atomic mass is 10.0. The molecule has 0 saturated carbocycles. The van der Waals surface area contributed by atoms with Gasteiger partial charge in [-0.25, -0.2) is 4.79 Å². The highest BCUT2D eigenvalue weighted by Crippen LogP contribution is 2.23. The first-order valence-corrected chi connectivity index (χ1v) is 9.12. The van der Waals surface area contributed by atoms with Crippen LogP contribution in [0.3, 0.4) is 0 Å². The molecule has 4 N–H and O–H groups in total. The van der Waals surface area contributed by atoms with Crippen molar-refractivity contribution in [2.75, 3.05) is 24.7 Å². The van der Waals surface area contributed by atoms with Gasteiger partial charge in [0.1, 0.15) is 5.75 Å². The maximum absolute atomic E-state index is 12.0. The Morgan fingerprint density at radius 1 is 0.862 bits per heavy atom. The lowest BCUT2D eigenvalue weighted by molar-refractivity contribution is 0.0486. The number of nitriles is 1. The molecule has 0 fully saturated rings. The van der Waals surface area contributed by atoms with Crippen molar-refractivity contribution in [1.29, 1.82) is 5.26 Å². The number of hydrogen-bond acceptors (Lipinski definition) is 6. The Balaban J connectivity index is 1.43. The summed E-state index contributed by atoms with van der Waals surface area (Å²) in [5.41, 5.74) is 15.2. The van der Waals surface area contributed by atoms with Crippen molar-refractivity contribution in [2.24, 2.45) is 0 Å². The van der Waals surface area contributed by atoms with Crippen LogP contribution in [0.15, 0.2) is 66.7 Å². The van der Waals surface area contributed by atoms with Gasteiger partial charge in [0.2, 0.25) is 0 Å². The van der Waals surface area contributed by atoms with Gasteiger partial charge in [-0.3, -0.25) is 0 Å². The van der Waals surface area contributed by atoms with Crippen molar-refractivity contribution < 1.29 is 14.3 Å². The van der Waals surface area contributed by atoms with E-state index >= 15 is 0 Å². The van der Waals surface area contributed by atoms with Crippen LogP contribution in [0, 0.1) is 11.3 Å². The molecule has 0 saturated heterocycles. The number of carbonyl (C=O) groups excluding carboxylic acids is 1. The molecule has 0 aliphatic carbocycles. The number of benzene rings is 3. The van der Waals surface area contributed by atoms with Crippen LogP contribution in [0.2, 0.25) is 0 Å². The Bertz CT molecular complexity index is 1000. The van der Waals surface area contributed by atoms with Crippen LogP contribution < -0.4 is 16.2 Å². The topological polar surface area (TPSA) is 111 Å². The summed E-state index contributed by atoms with van der Waals surface area (Å²) >= 11 is 0. The molecular weight excluding hydrogens is 366 g/mol. The van der Waals surface area contributed by atoms with E-state index < -0.39 is 5.97 Å². The summed E-state index contributed by atoms with van der Waals surface area (Å²) < 4.78 is 10.9. The number of nitrogen functional groups attached to an aromatic ring is 2. The fourth-order valence-corrected chi connectivity index (χ4v) is 2.77. The zero-order chi connectivity index (χ0) is 20.6. The van der Waals surface area contributed by atoms with E-state index in [1.54, 1.807) is 18.2 Å². The molecule has 3 aromatic carbocycles. The Kier molecular flexibility index (Phi) is 6.33. The van der Waals surface area contributed by atoms with E-state index in [0.29, 0.717) is 35.5 Å². The Morgan fingerprint density at radius 3 is 2.03 bits per heavy atom. The van der Waals surface area contributed by atoms with Gasteiger partial charge < -0.3 is 20.9 Å². The summed E-state index contributed by atoms with van der Waals surface area (Å²) in [5, 5.41) is 8.86. The molecule has 0 bridgehead atoms. The minimum atomic E-state index is -0.462. The number of rotatable bonds is 7. The van der Waals surface area contributed by atoms with Gasteiger partial charge >= 0.3 is 5.97 Å². The van der Waals surface area contributed by atoms with Crippen LogP contribution in [-0.4, -0.2) is 19.2 Å². The summed E-state index contributed by atoms with van der Waals surface area (Å²) in [6.45, 7) is 0.652. The molecule has 3 rings (SSSR count). The number of hydrogen-bond donors (Lipinski definition) is 2. The molecule has 0 spiro atoms. The van der Waals surface area contributed by atoms with Gasteiger partial charge in [0, 0.05) is 17.8 Å². The third-order valence-corrected chi connectivity index (χ3v) is 4.21. The molecule has 6 nitrogen and oxygen atoms in total. The minimum absolute atomic E-state index is 0.233. The number of carbonyl (C=O) groups is 1. The average Bonchev–Trinajstić information content (AvgIpc) is 2.73. The predicted octanol–water partition coefficient (Wildman–Crippen LogP) is 4.02. The molecule has 0 atom stereocenters. The summed E-state index contributed by atoms with van der Waals surface area (Å²) in [7, 11) is 0. The average molecular weight is 387 g/mol. The fraction of sp³-hybridized carbons (Fsp3) is 0.130. The Morgan fingerprint density at radius 2 is 1.45 bits per heavy atom. The van der Waals surface area contributed by atoms with Gasteiger partial charge in [-0.15, -0.1) is 0 Å². The quantitative estimate of drug-likeness (QED) is 0.360. The Labute approximate surface area is 169 Å². The zero-order valence-corrected chi connectivity index (χ0v) is 15.8. The molecule has 0 aliphatic heterocycles. The molecule has 0 aliphatic rings. The van der Waals surface area contributed by atoms with Crippen molar-refractivity contribution >= 4 is 17.3 Å². The summed E-state index contributed by atoms with van der Waals surface area (Å²) in [6.07, 6.45) is 0.556. The highest BCUT2D eigenvalue weighted by atomic mass is 16.5. The molecule has 3 aromatic rings. The van der Waals surface area contributed by atoms with E-state index in [2.05, 4.69) is 6.07 Å². The maximum atomic E-state index is 12.0. The number of nitrogens with two attached hydrogens (primary N) is 2. The minimum Gasteiger partial charge on any atom is -0.493 e. The van der Waals surface area contributed by atoms with Crippen molar-refractivity contribution in [3.63, 3.8) is 0 Å². The summed E-state index contributed by atoms with van der Waals surface area (Å²) in [6, 6.07) is 21.8. The monoisotopic (exact) mass is 387 g/mol. The summed E-state index contributed by atoms with van der Waals surface area (Å²) in [4.78, 5) is 12.0. The second-order valence-electron chi connectivity index (χ2n) is 6.44. The van der Waals surface area contributed by atoms with Crippen molar-refractivity contribution in [3.05, 3.63) is 77.9 Å². The molecule has 146 valence electrons. The normalized spacial score (nSPS) is 10.2. The lowest BCUT2D eigenvalue weighted by Crippen LogP contribution is -2.10. The highest BCUT2D eigenvalue weighted by Gasteiger charge is 2.08. The van der Waals surface area contributed by atoms with Gasteiger partial charge in [0.15, 0.2) is 0 Å². The van der Waals surface area contributed by atoms with E-state index in [9.17, 15) is 4.79 Å². The first kappa shape index (κ1) is 19.8. The third-order valence-electron chi connectivity index (χ3n) is 4.21. The van der Waals surface area contributed by atoms with Gasteiger partial charge in [-0.05, 0) is 53.6 Å². The van der Waals surface area contributed by atoms with Crippen molar-refractivity contribution in [1.82, 2.24) is 0 Å². The number of nitrogens with zero attached hydrogens (tertiary/aromatic N) is 1. The third kappa shape index (κ3) is 5.50. The second-order valence-corrected chi connectivity index (χ2v) is 6.44. The number of esters is 1. The molecule has 0 radical (unpaired) electrons. The van der Waals surface area contributed by atoms with Crippen molar-refractivity contribution in [2.45, 2.75) is 6.42 Å². The van der Waals surface area contributed by atoms with Crippen LogP contribution >= 0.6 is 0 Å². The highest BCUT2D eigenvalue weighted by molar-refractivity contribution is 5.91. The maximum Gasteiger partial charge on any atom is 0.338 e. The van der Waals surface area contributed by atoms with Crippen LogP contribution in [-0.2, 0) is 4.74 Å². The largest absolute Gasteiger partial charge is 0.493 e. The number of ether oxygens (including phenoxy) is 2. The first-order valence-electron chi connectivity index (χ1n) is 9.12. The smallest absolute Gasteiger partial charge is 0.338 e. The fourth-order valence-electron chi connectivity index (χ4n) is 2.77. The molecular formula is C23H21N3O3. The van der Waals surface area contributed by atoms with Gasteiger partial charge in [0.25, 0.3) is 0 Å². The van der Waals surface area contributed by atoms with Crippen LogP contribution in [0.25, 0.3) is 11.1 Å². The molecule has 6 heteroatoms. The predicted molar refractivity (Wildman–Crippen MR) is 112 cm³/mol. The standard InChI is InChI=1S/C23H21N3O3/c24-15-16-2-4-17(5-3-16)18-6-8-22(9-7-18)28-10-1-11-29-23(27)19-12-20(25)14-21(26)13-19/h2-9,12-14H,1,10-11,25-26H2. The van der Waals surface area contributed by atoms with Crippen LogP contribution in [0.1, 0.15) is 22.3 Å². The number of anilines is 2. The van der Waals surface area contributed by atoms with E-state index in [1.165, 1.54) is 12.1 Å². The van der Waals surface area contributed by atoms with Crippen LogP contribution in [0.5, 0.6) is 5.75 Å². The molecule has 29 heavy (non-hydrogen) atoms. The Hall–Kier alpha value is -3.98. The molecule has 0 aromatic heterocycles. The molecule has 0 unspecified atom stereocenters. The van der Waals surface area contributed by atoms with Crippen molar-refractivity contribution in [3.8, 4) is 22.9 Å².